The lowest BCUT2D eigenvalue weighted by molar-refractivity contribution is -0.0477. The molecule has 2 N–H and O–H groups in total. The van der Waals surface area contributed by atoms with Crippen LogP contribution in [-0.4, -0.2) is 24.2 Å². The molecule has 0 saturated heterocycles. The molecular weight excluding hydrogens is 243 g/mol. The van der Waals surface area contributed by atoms with Gasteiger partial charge in [0, 0.05) is 6.54 Å². The number of halogens is 4. The molecule has 2 nitrogen and oxygen atoms in total. The van der Waals surface area contributed by atoms with Crippen LogP contribution in [0.2, 0.25) is 5.02 Å². The van der Waals surface area contributed by atoms with Crippen molar-refractivity contribution in [2.45, 2.75) is 12.5 Å². The highest BCUT2D eigenvalue weighted by atomic mass is 35.5. The molecule has 0 unspecified atom stereocenters. The molecule has 0 saturated carbocycles. The second-order valence-electron chi connectivity index (χ2n) is 3.33. The fraction of sp³-hybridized carbons (Fsp3) is 0.400. The van der Waals surface area contributed by atoms with Gasteiger partial charge in [-0.2, -0.15) is 0 Å². The average Bonchev–Trinajstić information content (AvgIpc) is 2.24. The van der Waals surface area contributed by atoms with Gasteiger partial charge >= 0.3 is 0 Å². The van der Waals surface area contributed by atoms with Crippen molar-refractivity contribution >= 4 is 11.6 Å². The number of rotatable bonds is 5. The van der Waals surface area contributed by atoms with Gasteiger partial charge in [0.25, 0.3) is 5.92 Å². The second kappa shape index (κ2) is 5.52. The van der Waals surface area contributed by atoms with Crippen molar-refractivity contribution in [1.82, 2.24) is 5.32 Å². The highest BCUT2D eigenvalue weighted by molar-refractivity contribution is 6.31. The van der Waals surface area contributed by atoms with E-state index in [4.69, 9.17) is 16.7 Å². The van der Waals surface area contributed by atoms with Crippen molar-refractivity contribution in [3.8, 4) is 0 Å². The highest BCUT2D eigenvalue weighted by Crippen LogP contribution is 2.19. The van der Waals surface area contributed by atoms with Gasteiger partial charge in [-0.15, -0.1) is 0 Å². The number of alkyl halides is 2. The molecule has 0 heterocycles. The van der Waals surface area contributed by atoms with E-state index in [1.807, 2.05) is 0 Å². The van der Waals surface area contributed by atoms with Crippen molar-refractivity contribution in [3.05, 3.63) is 34.6 Å². The van der Waals surface area contributed by atoms with E-state index >= 15 is 0 Å². The molecule has 0 fully saturated rings. The van der Waals surface area contributed by atoms with E-state index in [9.17, 15) is 13.2 Å². The zero-order valence-electron chi connectivity index (χ0n) is 8.31. The van der Waals surface area contributed by atoms with Gasteiger partial charge in [0.1, 0.15) is 12.4 Å². The first-order chi connectivity index (χ1) is 7.46. The Morgan fingerprint density at radius 3 is 2.69 bits per heavy atom. The van der Waals surface area contributed by atoms with Crippen molar-refractivity contribution in [1.29, 1.82) is 0 Å². The smallest absolute Gasteiger partial charge is 0.282 e. The number of nitrogens with one attached hydrogen (secondary N) is 1. The topological polar surface area (TPSA) is 32.3 Å². The van der Waals surface area contributed by atoms with E-state index < -0.39 is 24.9 Å². The van der Waals surface area contributed by atoms with Crippen molar-refractivity contribution in [2.75, 3.05) is 13.2 Å². The number of aliphatic hydroxyl groups is 1. The molecule has 90 valence electrons. The monoisotopic (exact) mass is 253 g/mol. The van der Waals surface area contributed by atoms with E-state index in [-0.39, 0.29) is 11.6 Å². The summed E-state index contributed by atoms with van der Waals surface area (Å²) < 4.78 is 38.2. The van der Waals surface area contributed by atoms with Crippen LogP contribution < -0.4 is 5.32 Å². The van der Waals surface area contributed by atoms with Gasteiger partial charge in [0.15, 0.2) is 0 Å². The molecule has 6 heteroatoms. The largest absolute Gasteiger partial charge is 0.390 e. The third-order valence-corrected chi connectivity index (χ3v) is 2.39. The number of hydrogen-bond acceptors (Lipinski definition) is 2. The van der Waals surface area contributed by atoms with Gasteiger partial charge in [0.05, 0.1) is 11.6 Å². The zero-order valence-corrected chi connectivity index (χ0v) is 9.07. The first kappa shape index (κ1) is 13.3. The summed E-state index contributed by atoms with van der Waals surface area (Å²) in [6, 6.07) is 4.17. The molecule has 0 spiro atoms. The summed E-state index contributed by atoms with van der Waals surface area (Å²) in [5.74, 6) is -3.77. The quantitative estimate of drug-likeness (QED) is 0.843. The van der Waals surface area contributed by atoms with E-state index in [0.717, 1.165) is 0 Å². The molecule has 1 aromatic rings. The Morgan fingerprint density at radius 2 is 2.06 bits per heavy atom. The van der Waals surface area contributed by atoms with Gasteiger partial charge in [-0.3, -0.25) is 0 Å². The molecular formula is C10H11ClF3NO. The van der Waals surface area contributed by atoms with Gasteiger partial charge in [-0.1, -0.05) is 23.7 Å². The van der Waals surface area contributed by atoms with Crippen LogP contribution in [0.5, 0.6) is 0 Å². The molecule has 0 amide bonds. The van der Waals surface area contributed by atoms with Crippen LogP contribution in [0.1, 0.15) is 5.56 Å². The Hall–Kier alpha value is -0.780. The Bertz CT molecular complexity index is 360. The fourth-order valence-corrected chi connectivity index (χ4v) is 1.31. The summed E-state index contributed by atoms with van der Waals surface area (Å²) in [6.07, 6.45) is 0. The predicted octanol–water partition coefficient (Wildman–Crippen LogP) is 2.20. The minimum atomic E-state index is -3.18. The lowest BCUT2D eigenvalue weighted by Gasteiger charge is -2.14. The lowest BCUT2D eigenvalue weighted by Crippen LogP contribution is -2.35. The molecule has 0 aromatic heterocycles. The maximum absolute atomic E-state index is 13.0. The van der Waals surface area contributed by atoms with Gasteiger partial charge in [-0.25, -0.2) is 13.2 Å². The van der Waals surface area contributed by atoms with Crippen LogP contribution in [0.4, 0.5) is 13.2 Å². The van der Waals surface area contributed by atoms with Crippen LogP contribution in [0, 0.1) is 5.82 Å². The number of hydrogen-bond donors (Lipinski definition) is 2. The third-order valence-electron chi connectivity index (χ3n) is 1.96. The third kappa shape index (κ3) is 3.66. The zero-order chi connectivity index (χ0) is 12.2. The molecule has 0 aliphatic heterocycles. The second-order valence-corrected chi connectivity index (χ2v) is 3.71. The number of aliphatic hydroxyl groups excluding tert-OH is 1. The first-order valence-corrected chi connectivity index (χ1v) is 4.96. The molecule has 0 aliphatic carbocycles. The predicted molar refractivity (Wildman–Crippen MR) is 55.1 cm³/mol. The Balaban J connectivity index is 2.53. The Morgan fingerprint density at radius 1 is 1.38 bits per heavy atom. The summed E-state index contributed by atoms with van der Waals surface area (Å²) in [4.78, 5) is 0. The molecule has 16 heavy (non-hydrogen) atoms. The normalized spacial score (nSPS) is 11.8. The Labute approximate surface area is 96.0 Å². The van der Waals surface area contributed by atoms with Crippen LogP contribution in [0.3, 0.4) is 0 Å². The molecule has 1 aromatic carbocycles. The van der Waals surface area contributed by atoms with Crippen molar-refractivity contribution < 1.29 is 18.3 Å². The molecule has 0 radical (unpaired) electrons. The molecule has 0 atom stereocenters. The number of benzene rings is 1. The van der Waals surface area contributed by atoms with Crippen molar-refractivity contribution in [2.24, 2.45) is 0 Å². The standard InChI is InChI=1S/C10H11ClF3NO/c11-9-7(2-1-3-8(9)12)4-15-5-10(13,14)6-16/h1-3,15-16H,4-6H2. The minimum Gasteiger partial charge on any atom is -0.390 e. The molecule has 0 bridgehead atoms. The first-order valence-electron chi connectivity index (χ1n) is 4.58. The summed E-state index contributed by atoms with van der Waals surface area (Å²) in [5, 5.41) is 10.6. The average molecular weight is 254 g/mol. The van der Waals surface area contributed by atoms with Gasteiger partial charge in [0.2, 0.25) is 0 Å². The van der Waals surface area contributed by atoms with Crippen LogP contribution in [-0.2, 0) is 6.54 Å². The molecule has 1 rings (SSSR count). The SMILES string of the molecule is OCC(F)(F)CNCc1cccc(F)c1Cl. The summed E-state index contributed by atoms with van der Waals surface area (Å²) in [5.41, 5.74) is 0.399. The van der Waals surface area contributed by atoms with Crippen molar-refractivity contribution in [3.63, 3.8) is 0 Å². The van der Waals surface area contributed by atoms with E-state index in [1.54, 1.807) is 0 Å². The summed E-state index contributed by atoms with van der Waals surface area (Å²) >= 11 is 5.63. The molecule has 0 aliphatic rings. The summed E-state index contributed by atoms with van der Waals surface area (Å²) in [7, 11) is 0. The fourth-order valence-electron chi connectivity index (χ4n) is 1.12. The van der Waals surface area contributed by atoms with Gasteiger partial charge < -0.3 is 10.4 Å². The maximum atomic E-state index is 13.0. The highest BCUT2D eigenvalue weighted by Gasteiger charge is 2.26. The van der Waals surface area contributed by atoms with Gasteiger partial charge in [-0.05, 0) is 11.6 Å². The lowest BCUT2D eigenvalue weighted by atomic mass is 10.2. The summed E-state index contributed by atoms with van der Waals surface area (Å²) in [6.45, 7) is -1.89. The van der Waals surface area contributed by atoms with E-state index in [1.165, 1.54) is 18.2 Å². The van der Waals surface area contributed by atoms with E-state index in [2.05, 4.69) is 5.32 Å². The Kier molecular flexibility index (Phi) is 4.58. The van der Waals surface area contributed by atoms with Crippen LogP contribution in [0.25, 0.3) is 0 Å². The van der Waals surface area contributed by atoms with E-state index in [0.29, 0.717) is 5.56 Å². The minimum absolute atomic E-state index is 0.0200. The van der Waals surface area contributed by atoms with Crippen LogP contribution >= 0.6 is 11.6 Å². The van der Waals surface area contributed by atoms with Crippen LogP contribution in [0.15, 0.2) is 18.2 Å². The maximum Gasteiger partial charge on any atom is 0.282 e.